The first-order valence-electron chi connectivity index (χ1n) is 10.1. The van der Waals surface area contributed by atoms with Crippen molar-refractivity contribution in [3.05, 3.63) is 29.3 Å². The minimum atomic E-state index is 1.22. The number of hydrogen-bond acceptors (Lipinski definition) is 1. The van der Waals surface area contributed by atoms with Crippen molar-refractivity contribution >= 4 is 5.69 Å². The Bertz CT molecular complexity index is 402. The summed E-state index contributed by atoms with van der Waals surface area (Å²) in [6, 6.07) is 7.05. The average molecular weight is 318 g/mol. The van der Waals surface area contributed by atoms with Gasteiger partial charge in [-0.25, -0.2) is 0 Å². The predicted octanol–water partition coefficient (Wildman–Crippen LogP) is 6.78. The summed E-state index contributed by atoms with van der Waals surface area (Å²) in [6.45, 7) is 11.6. The van der Waals surface area contributed by atoms with Crippen LogP contribution in [0.3, 0.4) is 0 Å². The Hall–Kier alpha value is -0.980. The molecule has 1 rings (SSSR count). The molecule has 0 amide bonds. The number of rotatable bonds is 13. The fraction of sp³-hybridized carbons (Fsp3) is 0.727. The molecule has 0 fully saturated rings. The highest BCUT2D eigenvalue weighted by Crippen LogP contribution is 2.28. The van der Waals surface area contributed by atoms with E-state index in [4.69, 9.17) is 0 Å². The molecule has 0 saturated carbocycles. The lowest BCUT2D eigenvalue weighted by Crippen LogP contribution is -2.27. The molecule has 0 bridgehead atoms. The largest absolute Gasteiger partial charge is 0.371 e. The van der Waals surface area contributed by atoms with Crippen molar-refractivity contribution in [2.75, 3.05) is 18.0 Å². The molecular formula is C22H39N. The molecule has 0 saturated heterocycles. The van der Waals surface area contributed by atoms with Gasteiger partial charge < -0.3 is 4.90 Å². The summed E-state index contributed by atoms with van der Waals surface area (Å²) in [5.41, 5.74) is 4.79. The third kappa shape index (κ3) is 6.97. The average Bonchev–Trinajstić information content (AvgIpc) is 2.58. The van der Waals surface area contributed by atoms with E-state index in [1.807, 2.05) is 0 Å². The Labute approximate surface area is 145 Å². The van der Waals surface area contributed by atoms with Crippen molar-refractivity contribution in [2.45, 2.75) is 91.9 Å². The van der Waals surface area contributed by atoms with Crippen molar-refractivity contribution in [3.63, 3.8) is 0 Å². The molecule has 0 aromatic heterocycles. The van der Waals surface area contributed by atoms with Crippen LogP contribution in [0.25, 0.3) is 0 Å². The summed E-state index contributed by atoms with van der Waals surface area (Å²) in [6.07, 6.45) is 12.9. The highest BCUT2D eigenvalue weighted by Gasteiger charge is 2.13. The van der Waals surface area contributed by atoms with Gasteiger partial charge in [-0.15, -0.1) is 0 Å². The maximum absolute atomic E-state index is 2.67. The van der Waals surface area contributed by atoms with E-state index in [1.165, 1.54) is 83.0 Å². The van der Waals surface area contributed by atoms with Gasteiger partial charge in [0.25, 0.3) is 0 Å². The van der Waals surface area contributed by atoms with Crippen LogP contribution < -0.4 is 4.90 Å². The Morgan fingerprint density at radius 2 is 1.26 bits per heavy atom. The molecule has 0 aliphatic carbocycles. The second kappa shape index (κ2) is 12.4. The van der Waals surface area contributed by atoms with Crippen LogP contribution in [-0.2, 0) is 12.8 Å². The lowest BCUT2D eigenvalue weighted by atomic mass is 9.95. The van der Waals surface area contributed by atoms with Crippen molar-refractivity contribution < 1.29 is 0 Å². The van der Waals surface area contributed by atoms with Gasteiger partial charge in [-0.2, -0.15) is 0 Å². The first-order chi connectivity index (χ1) is 11.3. The molecule has 0 atom stereocenters. The fourth-order valence-electron chi connectivity index (χ4n) is 3.21. The zero-order valence-corrected chi connectivity index (χ0v) is 16.2. The van der Waals surface area contributed by atoms with Crippen molar-refractivity contribution in [2.24, 2.45) is 0 Å². The van der Waals surface area contributed by atoms with Crippen LogP contribution in [0.4, 0.5) is 5.69 Å². The number of aryl methyl sites for hydroxylation is 1. The third-order valence-electron chi connectivity index (χ3n) is 4.73. The van der Waals surface area contributed by atoms with Gasteiger partial charge in [0.05, 0.1) is 0 Å². The van der Waals surface area contributed by atoms with E-state index in [2.05, 4.69) is 50.8 Å². The minimum absolute atomic E-state index is 1.22. The molecule has 1 aromatic rings. The van der Waals surface area contributed by atoms with Gasteiger partial charge in [0.15, 0.2) is 0 Å². The molecule has 0 unspecified atom stereocenters. The van der Waals surface area contributed by atoms with E-state index in [1.54, 1.807) is 11.1 Å². The first-order valence-corrected chi connectivity index (χ1v) is 10.1. The number of benzene rings is 1. The van der Waals surface area contributed by atoms with Gasteiger partial charge in [-0.05, 0) is 55.7 Å². The quantitative estimate of drug-likeness (QED) is 0.387. The summed E-state index contributed by atoms with van der Waals surface area (Å²) in [5.74, 6) is 0. The maximum atomic E-state index is 2.67. The summed E-state index contributed by atoms with van der Waals surface area (Å²) in [4.78, 5) is 2.67. The number of anilines is 1. The molecule has 1 aromatic carbocycles. The first kappa shape index (κ1) is 20.1. The number of nitrogens with zero attached hydrogens (tertiary/aromatic N) is 1. The maximum Gasteiger partial charge on any atom is 0.0401 e. The normalized spacial score (nSPS) is 11.0. The van der Waals surface area contributed by atoms with Crippen LogP contribution in [0.2, 0.25) is 0 Å². The fourth-order valence-corrected chi connectivity index (χ4v) is 3.21. The Kier molecular flexibility index (Phi) is 10.9. The van der Waals surface area contributed by atoms with E-state index < -0.39 is 0 Å². The summed E-state index contributed by atoms with van der Waals surface area (Å²) >= 11 is 0. The number of unbranched alkanes of at least 4 members (excludes halogenated alkanes) is 4. The molecule has 1 heteroatoms. The second-order valence-electron chi connectivity index (χ2n) is 6.82. The second-order valence-corrected chi connectivity index (χ2v) is 6.82. The molecular weight excluding hydrogens is 278 g/mol. The van der Waals surface area contributed by atoms with Crippen LogP contribution >= 0.6 is 0 Å². The van der Waals surface area contributed by atoms with Gasteiger partial charge in [-0.1, -0.05) is 65.5 Å². The Morgan fingerprint density at radius 1 is 0.696 bits per heavy atom. The van der Waals surface area contributed by atoms with Crippen LogP contribution in [0, 0.1) is 0 Å². The van der Waals surface area contributed by atoms with Gasteiger partial charge in [0.1, 0.15) is 0 Å². The zero-order chi connectivity index (χ0) is 16.9. The minimum Gasteiger partial charge on any atom is -0.371 e. The smallest absolute Gasteiger partial charge is 0.0401 e. The van der Waals surface area contributed by atoms with E-state index in [0.717, 1.165) is 0 Å². The third-order valence-corrected chi connectivity index (χ3v) is 4.73. The summed E-state index contributed by atoms with van der Waals surface area (Å²) in [7, 11) is 0. The zero-order valence-electron chi connectivity index (χ0n) is 16.2. The van der Waals surface area contributed by atoms with Gasteiger partial charge >= 0.3 is 0 Å². The van der Waals surface area contributed by atoms with Crippen molar-refractivity contribution in [1.82, 2.24) is 0 Å². The van der Waals surface area contributed by atoms with Crippen molar-refractivity contribution in [1.29, 1.82) is 0 Å². The van der Waals surface area contributed by atoms with Gasteiger partial charge in [0, 0.05) is 18.8 Å². The molecule has 0 heterocycles. The number of hydrogen-bond donors (Lipinski definition) is 0. The predicted molar refractivity (Wildman–Crippen MR) is 106 cm³/mol. The van der Waals surface area contributed by atoms with Gasteiger partial charge in [0.2, 0.25) is 0 Å². The topological polar surface area (TPSA) is 3.24 Å². The molecule has 0 aliphatic rings. The SMILES string of the molecule is CCCCc1cccc(N(CCCC)CCCC)c1CCCC. The lowest BCUT2D eigenvalue weighted by molar-refractivity contribution is 0.670. The summed E-state index contributed by atoms with van der Waals surface area (Å²) < 4.78 is 0. The molecule has 0 N–H and O–H groups in total. The van der Waals surface area contributed by atoms with E-state index in [0.29, 0.717) is 0 Å². The Morgan fingerprint density at radius 3 is 1.83 bits per heavy atom. The molecule has 1 nitrogen and oxygen atoms in total. The highest BCUT2D eigenvalue weighted by molar-refractivity contribution is 5.57. The van der Waals surface area contributed by atoms with E-state index >= 15 is 0 Å². The van der Waals surface area contributed by atoms with Crippen LogP contribution in [0.1, 0.15) is 90.2 Å². The van der Waals surface area contributed by atoms with E-state index in [-0.39, 0.29) is 0 Å². The van der Waals surface area contributed by atoms with Gasteiger partial charge in [-0.3, -0.25) is 0 Å². The van der Waals surface area contributed by atoms with Crippen molar-refractivity contribution in [3.8, 4) is 0 Å². The van der Waals surface area contributed by atoms with E-state index in [9.17, 15) is 0 Å². The molecule has 23 heavy (non-hydrogen) atoms. The molecule has 0 spiro atoms. The monoisotopic (exact) mass is 317 g/mol. The molecule has 132 valence electrons. The highest BCUT2D eigenvalue weighted by atomic mass is 15.1. The standard InChI is InChI=1S/C22H39N/c1-5-9-14-20-15-13-17-22(21(20)16-10-6-2)23(18-11-7-3)19-12-8-4/h13,15,17H,5-12,14,16,18-19H2,1-4H3. The molecule has 0 radical (unpaired) electrons. The van der Waals surface area contributed by atoms with Crippen LogP contribution in [0.15, 0.2) is 18.2 Å². The molecule has 0 aliphatic heterocycles. The lowest BCUT2D eigenvalue weighted by Gasteiger charge is -2.28. The van der Waals surface area contributed by atoms with Crippen LogP contribution in [-0.4, -0.2) is 13.1 Å². The van der Waals surface area contributed by atoms with Crippen LogP contribution in [0.5, 0.6) is 0 Å². The Balaban J connectivity index is 3.05. The summed E-state index contributed by atoms with van der Waals surface area (Å²) in [5, 5.41) is 0.